The molecule has 0 aliphatic heterocycles. The van der Waals surface area contributed by atoms with E-state index in [2.05, 4.69) is 4.72 Å². The van der Waals surface area contributed by atoms with Crippen LogP contribution in [-0.4, -0.2) is 14.5 Å². The molecule has 0 saturated heterocycles. The number of nitrogen functional groups attached to an aromatic ring is 1. The van der Waals surface area contributed by atoms with Gasteiger partial charge in [0.25, 0.3) is 0 Å². The third-order valence-corrected chi connectivity index (χ3v) is 4.72. The first-order valence-electron chi connectivity index (χ1n) is 4.98. The third kappa shape index (κ3) is 2.16. The van der Waals surface area contributed by atoms with E-state index in [1.54, 1.807) is 6.07 Å². The van der Waals surface area contributed by atoms with Gasteiger partial charge in [0.05, 0.1) is 10.7 Å². The molecule has 0 heterocycles. The molecule has 1 saturated carbocycles. The molecule has 0 bridgehead atoms. The number of rotatable bonds is 3. The maximum Gasteiger partial charge on any atom is 0.244 e. The summed E-state index contributed by atoms with van der Waals surface area (Å²) in [6.07, 6.45) is 0.865. The van der Waals surface area contributed by atoms with Crippen molar-refractivity contribution >= 4 is 27.3 Å². The lowest BCUT2D eigenvalue weighted by Gasteiger charge is -2.09. The quantitative estimate of drug-likeness (QED) is 0.811. The number of sulfonamides is 1. The topological polar surface area (TPSA) is 72.2 Å². The number of hydrogen-bond acceptors (Lipinski definition) is 3. The van der Waals surface area contributed by atoms with Crippen molar-refractivity contribution in [3.05, 3.63) is 23.2 Å². The average molecular weight is 261 g/mol. The van der Waals surface area contributed by atoms with Crippen LogP contribution in [0.15, 0.2) is 23.1 Å². The fourth-order valence-electron chi connectivity index (χ4n) is 1.55. The summed E-state index contributed by atoms with van der Waals surface area (Å²) in [5, 5.41) is 0.154. The highest BCUT2D eigenvalue weighted by Gasteiger charge is 2.37. The maximum atomic E-state index is 12.0. The fraction of sp³-hybridized carbons (Fsp3) is 0.400. The minimum absolute atomic E-state index is 0.0145. The smallest absolute Gasteiger partial charge is 0.244 e. The van der Waals surface area contributed by atoms with Gasteiger partial charge in [-0.3, -0.25) is 0 Å². The second kappa shape index (κ2) is 3.91. The summed E-state index contributed by atoms with van der Waals surface area (Å²) in [5.74, 6) is 0.387. The molecule has 4 nitrogen and oxygen atoms in total. The Morgan fingerprint density at radius 3 is 2.62 bits per heavy atom. The predicted octanol–water partition coefficient (Wildman–Crippen LogP) is 1.61. The van der Waals surface area contributed by atoms with Crippen LogP contribution in [0.2, 0.25) is 5.02 Å². The van der Waals surface area contributed by atoms with Gasteiger partial charge in [-0.1, -0.05) is 24.6 Å². The van der Waals surface area contributed by atoms with E-state index in [0.29, 0.717) is 5.92 Å². The molecule has 0 aromatic heterocycles. The van der Waals surface area contributed by atoms with Gasteiger partial charge in [-0.05, 0) is 24.5 Å². The van der Waals surface area contributed by atoms with Gasteiger partial charge in [-0.15, -0.1) is 0 Å². The summed E-state index contributed by atoms with van der Waals surface area (Å²) in [7, 11) is -3.60. The molecule has 2 atom stereocenters. The van der Waals surface area contributed by atoms with E-state index >= 15 is 0 Å². The summed E-state index contributed by atoms with van der Waals surface area (Å²) in [5.41, 5.74) is 5.81. The van der Waals surface area contributed by atoms with E-state index in [1.165, 1.54) is 12.1 Å². The molecule has 6 heteroatoms. The van der Waals surface area contributed by atoms with Crippen molar-refractivity contribution in [2.24, 2.45) is 5.92 Å². The molecule has 1 aliphatic carbocycles. The van der Waals surface area contributed by atoms with Crippen molar-refractivity contribution in [2.75, 3.05) is 5.73 Å². The lowest BCUT2D eigenvalue weighted by atomic mass is 10.3. The molecule has 0 radical (unpaired) electrons. The second-order valence-corrected chi connectivity index (χ2v) is 6.16. The molecule has 1 aromatic rings. The highest BCUT2D eigenvalue weighted by molar-refractivity contribution is 7.89. The third-order valence-electron chi connectivity index (χ3n) is 2.68. The van der Waals surface area contributed by atoms with Crippen molar-refractivity contribution in [3.63, 3.8) is 0 Å². The van der Waals surface area contributed by atoms with Crippen LogP contribution in [0.1, 0.15) is 13.3 Å². The Balaban J connectivity index is 2.35. The van der Waals surface area contributed by atoms with Gasteiger partial charge in [-0.25, -0.2) is 13.1 Å². The summed E-state index contributed by atoms with van der Waals surface area (Å²) < 4.78 is 26.6. The van der Waals surface area contributed by atoms with E-state index in [0.717, 1.165) is 6.42 Å². The number of nitrogens with two attached hydrogens (primary N) is 1. The monoisotopic (exact) mass is 260 g/mol. The molecule has 0 spiro atoms. The summed E-state index contributed by atoms with van der Waals surface area (Å²) in [4.78, 5) is -0.0178. The molecule has 0 amide bonds. The minimum Gasteiger partial charge on any atom is -0.398 e. The van der Waals surface area contributed by atoms with Crippen molar-refractivity contribution in [1.29, 1.82) is 0 Å². The molecule has 1 aliphatic rings. The summed E-state index contributed by atoms with van der Waals surface area (Å²) >= 11 is 5.86. The van der Waals surface area contributed by atoms with Gasteiger partial charge < -0.3 is 5.73 Å². The molecular formula is C10H13ClN2O2S. The van der Waals surface area contributed by atoms with Crippen molar-refractivity contribution in [1.82, 2.24) is 4.72 Å². The van der Waals surface area contributed by atoms with Gasteiger partial charge in [0.15, 0.2) is 0 Å². The van der Waals surface area contributed by atoms with Crippen LogP contribution in [0.5, 0.6) is 0 Å². The van der Waals surface area contributed by atoms with E-state index < -0.39 is 10.0 Å². The predicted molar refractivity (Wildman–Crippen MR) is 63.8 cm³/mol. The van der Waals surface area contributed by atoms with Gasteiger partial charge in [0.1, 0.15) is 4.90 Å². The van der Waals surface area contributed by atoms with Crippen LogP contribution < -0.4 is 10.5 Å². The van der Waals surface area contributed by atoms with Crippen LogP contribution >= 0.6 is 11.6 Å². The van der Waals surface area contributed by atoms with Crippen LogP contribution in [0.3, 0.4) is 0 Å². The Kier molecular flexibility index (Phi) is 2.86. The zero-order chi connectivity index (χ0) is 11.9. The van der Waals surface area contributed by atoms with Gasteiger partial charge >= 0.3 is 0 Å². The van der Waals surface area contributed by atoms with Crippen LogP contribution in [0.4, 0.5) is 5.69 Å². The lowest BCUT2D eigenvalue weighted by molar-refractivity contribution is 0.579. The highest BCUT2D eigenvalue weighted by atomic mass is 35.5. The van der Waals surface area contributed by atoms with Crippen molar-refractivity contribution in [2.45, 2.75) is 24.3 Å². The number of nitrogens with one attached hydrogen (secondary N) is 1. The number of halogens is 1. The van der Waals surface area contributed by atoms with Crippen LogP contribution in [0, 0.1) is 5.92 Å². The number of hydrogen-bond donors (Lipinski definition) is 2. The molecule has 1 aromatic carbocycles. The Labute approximate surface area is 99.8 Å². The van der Waals surface area contributed by atoms with Crippen molar-refractivity contribution < 1.29 is 8.42 Å². The van der Waals surface area contributed by atoms with Crippen LogP contribution in [0.25, 0.3) is 0 Å². The molecular weight excluding hydrogens is 248 g/mol. The standard InChI is InChI=1S/C10H13ClN2O2S/c1-6-5-9(6)13-16(14,15)10-7(11)3-2-4-8(10)12/h2-4,6,9,13H,5,12H2,1H3. The summed E-state index contributed by atoms with van der Waals surface area (Å²) in [6, 6.07) is 4.68. The zero-order valence-electron chi connectivity index (χ0n) is 8.77. The first-order valence-corrected chi connectivity index (χ1v) is 6.84. The first-order chi connectivity index (χ1) is 7.42. The minimum atomic E-state index is -3.60. The number of anilines is 1. The summed E-state index contributed by atoms with van der Waals surface area (Å²) in [6.45, 7) is 1.99. The maximum absolute atomic E-state index is 12.0. The Morgan fingerprint density at radius 1 is 1.50 bits per heavy atom. The van der Waals surface area contributed by atoms with E-state index in [4.69, 9.17) is 17.3 Å². The first kappa shape index (κ1) is 11.7. The lowest BCUT2D eigenvalue weighted by Crippen LogP contribution is -2.27. The number of benzene rings is 1. The van der Waals surface area contributed by atoms with Gasteiger partial charge in [-0.2, -0.15) is 0 Å². The van der Waals surface area contributed by atoms with Gasteiger partial charge in [0.2, 0.25) is 10.0 Å². The van der Waals surface area contributed by atoms with E-state index in [1.807, 2.05) is 6.92 Å². The largest absolute Gasteiger partial charge is 0.398 e. The van der Waals surface area contributed by atoms with E-state index in [9.17, 15) is 8.42 Å². The normalized spacial score (nSPS) is 24.4. The Morgan fingerprint density at radius 2 is 2.12 bits per heavy atom. The van der Waals surface area contributed by atoms with E-state index in [-0.39, 0.29) is 21.6 Å². The molecule has 2 unspecified atom stereocenters. The molecule has 3 N–H and O–H groups in total. The molecule has 2 rings (SSSR count). The Bertz CT molecular complexity index is 495. The van der Waals surface area contributed by atoms with Crippen molar-refractivity contribution in [3.8, 4) is 0 Å². The van der Waals surface area contributed by atoms with Crippen LogP contribution in [-0.2, 0) is 10.0 Å². The molecule has 88 valence electrons. The highest BCUT2D eigenvalue weighted by Crippen LogP contribution is 2.33. The average Bonchev–Trinajstić information content (AvgIpc) is 2.79. The van der Waals surface area contributed by atoms with Gasteiger partial charge in [0, 0.05) is 6.04 Å². The molecule has 1 fully saturated rings. The fourth-order valence-corrected chi connectivity index (χ4v) is 3.59. The molecule has 16 heavy (non-hydrogen) atoms. The zero-order valence-corrected chi connectivity index (χ0v) is 10.3. The Hall–Kier alpha value is -0.780. The second-order valence-electron chi connectivity index (χ2n) is 4.10. The SMILES string of the molecule is CC1CC1NS(=O)(=O)c1c(N)cccc1Cl.